The molecule has 0 bridgehead atoms. The van der Waals surface area contributed by atoms with Crippen LogP contribution in [0.15, 0.2) is 36.4 Å². The van der Waals surface area contributed by atoms with Gasteiger partial charge in [-0.15, -0.1) is 0 Å². The molecule has 3 aromatic rings. The molecule has 1 heterocycles. The number of aryl methyl sites for hydroxylation is 2. The summed E-state index contributed by atoms with van der Waals surface area (Å²) >= 11 is 0. The van der Waals surface area contributed by atoms with Gasteiger partial charge >= 0.3 is 0 Å². The van der Waals surface area contributed by atoms with E-state index >= 15 is 0 Å². The standard InChI is InChI=1S/C17H19N3O/c1-11-9-12(2)16(18)13(10-11)17-19-14-5-3-4-6-15(14)20(17)7-8-21/h3-6,9-10,21H,7-8,18H2,1-2H3. The first-order valence-electron chi connectivity index (χ1n) is 7.05. The molecule has 108 valence electrons. The first-order chi connectivity index (χ1) is 10.1. The Morgan fingerprint density at radius 2 is 1.95 bits per heavy atom. The van der Waals surface area contributed by atoms with Crippen LogP contribution in [0, 0.1) is 13.8 Å². The van der Waals surface area contributed by atoms with Gasteiger partial charge < -0.3 is 15.4 Å². The van der Waals surface area contributed by atoms with Crippen LogP contribution >= 0.6 is 0 Å². The summed E-state index contributed by atoms with van der Waals surface area (Å²) in [6, 6.07) is 12.1. The van der Waals surface area contributed by atoms with Gasteiger partial charge in [-0.05, 0) is 43.2 Å². The molecule has 0 fully saturated rings. The van der Waals surface area contributed by atoms with Crippen LogP contribution in [-0.2, 0) is 6.54 Å². The Morgan fingerprint density at radius 1 is 1.19 bits per heavy atom. The second-order valence-electron chi connectivity index (χ2n) is 5.34. The molecule has 0 aliphatic heterocycles. The normalized spacial score (nSPS) is 11.2. The number of imidazole rings is 1. The van der Waals surface area contributed by atoms with Crippen molar-refractivity contribution in [3.05, 3.63) is 47.5 Å². The van der Waals surface area contributed by atoms with Crippen LogP contribution < -0.4 is 5.73 Å². The summed E-state index contributed by atoms with van der Waals surface area (Å²) in [6.07, 6.45) is 0. The lowest BCUT2D eigenvalue weighted by molar-refractivity contribution is 0.278. The Balaban J connectivity index is 2.32. The van der Waals surface area contributed by atoms with Crippen molar-refractivity contribution in [3.8, 4) is 11.4 Å². The smallest absolute Gasteiger partial charge is 0.143 e. The number of aromatic nitrogens is 2. The second-order valence-corrected chi connectivity index (χ2v) is 5.34. The minimum atomic E-state index is 0.0675. The van der Waals surface area contributed by atoms with Gasteiger partial charge in [0.15, 0.2) is 0 Å². The van der Waals surface area contributed by atoms with E-state index in [-0.39, 0.29) is 6.61 Å². The van der Waals surface area contributed by atoms with E-state index in [0.29, 0.717) is 6.54 Å². The highest BCUT2D eigenvalue weighted by atomic mass is 16.3. The average molecular weight is 281 g/mol. The topological polar surface area (TPSA) is 64.1 Å². The average Bonchev–Trinajstić information content (AvgIpc) is 2.82. The van der Waals surface area contributed by atoms with Crippen LogP contribution in [0.4, 0.5) is 5.69 Å². The summed E-state index contributed by atoms with van der Waals surface area (Å²) in [4.78, 5) is 4.72. The Bertz CT molecular complexity index is 805. The highest BCUT2D eigenvalue weighted by Crippen LogP contribution is 2.31. The van der Waals surface area contributed by atoms with Crippen LogP contribution in [0.1, 0.15) is 11.1 Å². The van der Waals surface area contributed by atoms with Gasteiger partial charge in [-0.3, -0.25) is 0 Å². The summed E-state index contributed by atoms with van der Waals surface area (Å²) in [6.45, 7) is 4.63. The third kappa shape index (κ3) is 2.28. The maximum absolute atomic E-state index is 9.37. The molecule has 4 heteroatoms. The summed E-state index contributed by atoms with van der Waals surface area (Å²) < 4.78 is 2.03. The molecule has 0 amide bonds. The van der Waals surface area contributed by atoms with E-state index in [2.05, 4.69) is 19.1 Å². The Labute approximate surface area is 123 Å². The lowest BCUT2D eigenvalue weighted by Gasteiger charge is -2.12. The molecule has 3 rings (SSSR count). The number of aliphatic hydroxyl groups is 1. The number of para-hydroxylation sites is 2. The van der Waals surface area contributed by atoms with E-state index in [1.165, 1.54) is 0 Å². The van der Waals surface area contributed by atoms with E-state index < -0.39 is 0 Å². The van der Waals surface area contributed by atoms with Gasteiger partial charge in [-0.25, -0.2) is 4.98 Å². The number of fused-ring (bicyclic) bond motifs is 1. The number of hydrogen-bond donors (Lipinski definition) is 2. The summed E-state index contributed by atoms with van der Waals surface area (Å²) in [5, 5.41) is 9.37. The number of nitrogen functional groups attached to an aromatic ring is 1. The van der Waals surface area contributed by atoms with Crippen LogP contribution in [0.3, 0.4) is 0 Å². The molecule has 0 saturated carbocycles. The van der Waals surface area contributed by atoms with E-state index in [1.54, 1.807) is 0 Å². The number of rotatable bonds is 3. The van der Waals surface area contributed by atoms with Gasteiger partial charge in [0.2, 0.25) is 0 Å². The molecular weight excluding hydrogens is 262 g/mol. The van der Waals surface area contributed by atoms with Gasteiger partial charge in [-0.2, -0.15) is 0 Å². The number of anilines is 1. The summed E-state index contributed by atoms with van der Waals surface area (Å²) in [5.74, 6) is 0.814. The maximum atomic E-state index is 9.37. The Kier molecular flexibility index (Phi) is 3.39. The van der Waals surface area contributed by atoms with Gasteiger partial charge in [0.25, 0.3) is 0 Å². The van der Waals surface area contributed by atoms with Crippen molar-refractivity contribution in [2.24, 2.45) is 0 Å². The molecule has 0 aliphatic carbocycles. The number of nitrogens with zero attached hydrogens (tertiary/aromatic N) is 2. The van der Waals surface area contributed by atoms with Gasteiger partial charge in [0, 0.05) is 17.8 Å². The fourth-order valence-corrected chi connectivity index (χ4v) is 2.77. The molecule has 0 radical (unpaired) electrons. The lowest BCUT2D eigenvalue weighted by Crippen LogP contribution is -2.06. The monoisotopic (exact) mass is 281 g/mol. The van der Waals surface area contributed by atoms with Crippen LogP contribution in [-0.4, -0.2) is 21.3 Å². The Hall–Kier alpha value is -2.33. The third-order valence-electron chi connectivity index (χ3n) is 3.75. The molecule has 1 aromatic heterocycles. The molecule has 21 heavy (non-hydrogen) atoms. The second kappa shape index (κ2) is 5.22. The summed E-state index contributed by atoms with van der Waals surface area (Å²) in [7, 11) is 0. The quantitative estimate of drug-likeness (QED) is 0.726. The molecule has 4 nitrogen and oxygen atoms in total. The molecule has 0 spiro atoms. The molecule has 0 aliphatic rings. The minimum absolute atomic E-state index is 0.0675. The van der Waals surface area contributed by atoms with Crippen molar-refractivity contribution < 1.29 is 5.11 Å². The third-order valence-corrected chi connectivity index (χ3v) is 3.75. The van der Waals surface area contributed by atoms with E-state index in [1.807, 2.05) is 35.8 Å². The zero-order valence-electron chi connectivity index (χ0n) is 12.3. The predicted octanol–water partition coefficient (Wildman–Crippen LogP) is 2.89. The van der Waals surface area contributed by atoms with E-state index in [9.17, 15) is 5.11 Å². The zero-order chi connectivity index (χ0) is 15.0. The zero-order valence-corrected chi connectivity index (χ0v) is 12.3. The van der Waals surface area contributed by atoms with Crippen molar-refractivity contribution >= 4 is 16.7 Å². The van der Waals surface area contributed by atoms with Crippen LogP contribution in [0.2, 0.25) is 0 Å². The van der Waals surface area contributed by atoms with Crippen molar-refractivity contribution in [3.63, 3.8) is 0 Å². The molecule has 0 atom stereocenters. The van der Waals surface area contributed by atoms with Gasteiger partial charge in [0.05, 0.1) is 17.6 Å². The van der Waals surface area contributed by atoms with E-state index in [4.69, 9.17) is 10.7 Å². The van der Waals surface area contributed by atoms with Crippen LogP contribution in [0.5, 0.6) is 0 Å². The first kappa shape index (κ1) is 13.6. The Morgan fingerprint density at radius 3 is 2.71 bits per heavy atom. The lowest BCUT2D eigenvalue weighted by atomic mass is 10.0. The molecule has 0 unspecified atom stereocenters. The highest BCUT2D eigenvalue weighted by molar-refractivity contribution is 5.84. The number of hydrogen-bond acceptors (Lipinski definition) is 3. The van der Waals surface area contributed by atoms with Crippen molar-refractivity contribution in [2.45, 2.75) is 20.4 Å². The van der Waals surface area contributed by atoms with Crippen molar-refractivity contribution in [1.82, 2.24) is 9.55 Å². The first-order valence-corrected chi connectivity index (χ1v) is 7.05. The molecular formula is C17H19N3O. The number of nitrogens with two attached hydrogens (primary N) is 1. The molecule has 2 aromatic carbocycles. The molecule has 0 saturated heterocycles. The fourth-order valence-electron chi connectivity index (χ4n) is 2.77. The van der Waals surface area contributed by atoms with Gasteiger partial charge in [0.1, 0.15) is 5.82 Å². The fraction of sp³-hybridized carbons (Fsp3) is 0.235. The minimum Gasteiger partial charge on any atom is -0.398 e. The number of aliphatic hydroxyl groups excluding tert-OH is 1. The largest absolute Gasteiger partial charge is 0.398 e. The van der Waals surface area contributed by atoms with Crippen molar-refractivity contribution in [1.29, 1.82) is 0 Å². The highest BCUT2D eigenvalue weighted by Gasteiger charge is 2.15. The van der Waals surface area contributed by atoms with E-state index in [0.717, 1.165) is 39.2 Å². The molecule has 3 N–H and O–H groups in total. The number of benzene rings is 2. The maximum Gasteiger partial charge on any atom is 0.143 e. The predicted molar refractivity (Wildman–Crippen MR) is 86.1 cm³/mol. The summed E-state index contributed by atoms with van der Waals surface area (Å²) in [5.41, 5.74) is 12.1. The SMILES string of the molecule is Cc1cc(C)c(N)c(-c2nc3ccccc3n2CCO)c1. The van der Waals surface area contributed by atoms with Gasteiger partial charge in [-0.1, -0.05) is 18.2 Å². The van der Waals surface area contributed by atoms with Crippen molar-refractivity contribution in [2.75, 3.05) is 12.3 Å². The van der Waals surface area contributed by atoms with Crippen LogP contribution in [0.25, 0.3) is 22.4 Å².